The Morgan fingerprint density at radius 2 is 1.90 bits per heavy atom. The topological polar surface area (TPSA) is 132 Å². The van der Waals surface area contributed by atoms with Crippen LogP contribution in [-0.4, -0.2) is 64.8 Å². The summed E-state index contributed by atoms with van der Waals surface area (Å²) >= 11 is 6.45. The van der Waals surface area contributed by atoms with E-state index in [0.29, 0.717) is 30.3 Å². The maximum Gasteiger partial charge on any atom is 0.185 e. The molecule has 0 aliphatic carbocycles. The molecule has 1 aliphatic heterocycles. The number of nitrogens with one attached hydrogen (secondary N) is 2. The molecule has 0 bridgehead atoms. The van der Waals surface area contributed by atoms with E-state index in [4.69, 9.17) is 27.5 Å². The molecule has 31 heavy (non-hydrogen) atoms. The van der Waals surface area contributed by atoms with E-state index in [1.807, 2.05) is 48.7 Å². The molecule has 1 heterocycles. The summed E-state index contributed by atoms with van der Waals surface area (Å²) in [4.78, 5) is 0. The minimum Gasteiger partial charge on any atom is -0.492 e. The molecule has 9 heteroatoms. The lowest BCUT2D eigenvalue weighted by molar-refractivity contribution is -0.0561. The Morgan fingerprint density at radius 3 is 2.58 bits per heavy atom. The SMILES string of the molecule is C[SH]1C[C@@H](O)[C@@H](O)[C@@H](O)[C@@H]1c1ccc(Cl)c(Cc2ccc(OCCNC(=N)N)cc2)c1. The van der Waals surface area contributed by atoms with Crippen LogP contribution in [0.3, 0.4) is 0 Å². The van der Waals surface area contributed by atoms with Crippen LogP contribution in [-0.2, 0) is 6.42 Å². The van der Waals surface area contributed by atoms with Crippen LogP contribution in [0.5, 0.6) is 5.75 Å². The van der Waals surface area contributed by atoms with Gasteiger partial charge in [-0.05, 0) is 47.6 Å². The van der Waals surface area contributed by atoms with E-state index in [0.717, 1.165) is 22.4 Å². The number of benzene rings is 2. The Balaban J connectivity index is 1.69. The molecule has 3 rings (SSSR count). The van der Waals surface area contributed by atoms with Crippen LogP contribution in [0.2, 0.25) is 5.02 Å². The summed E-state index contributed by atoms with van der Waals surface area (Å²) < 4.78 is 5.62. The number of hydrogen-bond donors (Lipinski definition) is 7. The zero-order chi connectivity index (χ0) is 22.5. The zero-order valence-corrected chi connectivity index (χ0v) is 19.0. The molecule has 1 saturated heterocycles. The van der Waals surface area contributed by atoms with E-state index >= 15 is 0 Å². The van der Waals surface area contributed by atoms with Gasteiger partial charge in [-0.2, -0.15) is 0 Å². The number of aliphatic hydroxyl groups excluding tert-OH is 3. The van der Waals surface area contributed by atoms with E-state index in [1.54, 1.807) is 0 Å². The highest BCUT2D eigenvalue weighted by Gasteiger charge is 2.40. The monoisotopic (exact) mass is 467 g/mol. The van der Waals surface area contributed by atoms with Crippen molar-refractivity contribution in [3.63, 3.8) is 0 Å². The molecule has 1 unspecified atom stereocenters. The lowest BCUT2D eigenvalue weighted by Crippen LogP contribution is -2.47. The minimum atomic E-state index is -1.14. The smallest absolute Gasteiger partial charge is 0.185 e. The van der Waals surface area contributed by atoms with Crippen molar-refractivity contribution in [1.29, 1.82) is 5.41 Å². The third-order valence-corrected chi connectivity index (χ3v) is 8.31. The molecule has 2 aromatic rings. The number of hydrogen-bond acceptors (Lipinski definition) is 5. The average molecular weight is 468 g/mol. The maximum atomic E-state index is 10.6. The Labute approximate surface area is 190 Å². The molecule has 0 spiro atoms. The van der Waals surface area contributed by atoms with E-state index < -0.39 is 29.2 Å². The molecule has 170 valence electrons. The van der Waals surface area contributed by atoms with Crippen LogP contribution in [0.1, 0.15) is 21.9 Å². The van der Waals surface area contributed by atoms with E-state index in [9.17, 15) is 15.3 Å². The number of rotatable bonds is 7. The number of halogens is 1. The second-order valence-electron chi connectivity index (χ2n) is 7.79. The summed E-state index contributed by atoms with van der Waals surface area (Å²) in [5, 5.41) is 40.9. The third kappa shape index (κ3) is 6.05. The Hall–Kier alpha value is -1.97. The van der Waals surface area contributed by atoms with Gasteiger partial charge >= 0.3 is 0 Å². The molecule has 0 aromatic heterocycles. The summed E-state index contributed by atoms with van der Waals surface area (Å²) in [6, 6.07) is 13.4. The van der Waals surface area contributed by atoms with Gasteiger partial charge in [0.1, 0.15) is 18.5 Å². The normalized spacial score (nSPS) is 26.9. The highest BCUT2D eigenvalue weighted by Crippen LogP contribution is 2.48. The second-order valence-corrected chi connectivity index (χ2v) is 10.6. The Kier molecular flexibility index (Phi) is 8.07. The van der Waals surface area contributed by atoms with E-state index in [-0.39, 0.29) is 11.2 Å². The lowest BCUT2D eigenvalue weighted by atomic mass is 9.96. The first-order chi connectivity index (χ1) is 14.8. The summed E-state index contributed by atoms with van der Waals surface area (Å²) in [5.41, 5.74) is 8.17. The van der Waals surface area contributed by atoms with Gasteiger partial charge in [-0.15, -0.1) is 0 Å². The van der Waals surface area contributed by atoms with Crippen LogP contribution in [0.25, 0.3) is 0 Å². The average Bonchev–Trinajstić information content (AvgIpc) is 2.73. The van der Waals surface area contributed by atoms with Crippen LogP contribution in [0.4, 0.5) is 0 Å². The first-order valence-corrected chi connectivity index (χ1v) is 12.5. The fourth-order valence-corrected chi connectivity index (χ4v) is 6.42. The van der Waals surface area contributed by atoms with Crippen molar-refractivity contribution in [1.82, 2.24) is 5.32 Å². The van der Waals surface area contributed by atoms with Gasteiger partial charge in [0, 0.05) is 16.0 Å². The van der Waals surface area contributed by atoms with Gasteiger partial charge < -0.3 is 31.1 Å². The maximum absolute atomic E-state index is 10.6. The van der Waals surface area contributed by atoms with Gasteiger partial charge in [0.2, 0.25) is 0 Å². The number of guanidine groups is 1. The fourth-order valence-electron chi connectivity index (χ4n) is 3.84. The van der Waals surface area contributed by atoms with E-state index in [1.165, 1.54) is 0 Å². The van der Waals surface area contributed by atoms with Crippen LogP contribution in [0.15, 0.2) is 42.5 Å². The second kappa shape index (κ2) is 10.6. The zero-order valence-electron chi connectivity index (χ0n) is 17.3. The van der Waals surface area contributed by atoms with Crippen LogP contribution in [0, 0.1) is 5.41 Å². The van der Waals surface area contributed by atoms with Crippen molar-refractivity contribution in [2.75, 3.05) is 25.2 Å². The summed E-state index contributed by atoms with van der Waals surface area (Å²) in [5.74, 6) is 1.14. The molecule has 2 aromatic carbocycles. The van der Waals surface area contributed by atoms with Gasteiger partial charge in [0.25, 0.3) is 0 Å². The largest absolute Gasteiger partial charge is 0.492 e. The van der Waals surface area contributed by atoms with Crippen molar-refractivity contribution in [3.05, 3.63) is 64.2 Å². The molecule has 0 radical (unpaired) electrons. The number of ether oxygens (including phenoxy) is 1. The number of aliphatic hydroxyl groups is 3. The van der Waals surface area contributed by atoms with Crippen LogP contribution >= 0.6 is 22.5 Å². The number of nitrogens with two attached hydrogens (primary N) is 1. The number of thiol groups is 1. The van der Waals surface area contributed by atoms with Crippen molar-refractivity contribution in [2.45, 2.75) is 30.0 Å². The summed E-state index contributed by atoms with van der Waals surface area (Å²) in [7, 11) is -0.680. The molecule has 5 atom stereocenters. The van der Waals surface area contributed by atoms with Crippen LogP contribution < -0.4 is 15.8 Å². The van der Waals surface area contributed by atoms with Crippen molar-refractivity contribution >= 4 is 28.5 Å². The fraction of sp³-hybridized carbons (Fsp3) is 0.409. The van der Waals surface area contributed by atoms with Gasteiger partial charge in [-0.3, -0.25) is 5.41 Å². The van der Waals surface area contributed by atoms with Gasteiger partial charge in [0.05, 0.1) is 18.8 Å². The molecule has 7 N–H and O–H groups in total. The Bertz CT molecular complexity index is 899. The lowest BCUT2D eigenvalue weighted by Gasteiger charge is -2.42. The standard InChI is InChI=1S/C22H30ClN3O4S/c1-31-12-18(27)19(28)20(29)21(31)14-4-7-17(23)15(11-14)10-13-2-5-16(6-3-13)30-9-8-26-22(24)25/h2-7,11,18-21,27-29,31H,8-10,12H2,1H3,(H4,24,25,26)/t18-,19-,20-,21+/m1/s1. The van der Waals surface area contributed by atoms with Crippen molar-refractivity contribution in [2.24, 2.45) is 5.73 Å². The molecule has 0 saturated carbocycles. The van der Waals surface area contributed by atoms with E-state index in [2.05, 4.69) is 5.32 Å². The van der Waals surface area contributed by atoms with Gasteiger partial charge in [-0.25, -0.2) is 10.9 Å². The highest BCUT2D eigenvalue weighted by molar-refractivity contribution is 8.16. The molecular formula is C22H30ClN3O4S. The highest BCUT2D eigenvalue weighted by atomic mass is 35.5. The quantitative estimate of drug-likeness (QED) is 0.143. The molecule has 1 fully saturated rings. The molecular weight excluding hydrogens is 438 g/mol. The Morgan fingerprint density at radius 1 is 1.19 bits per heavy atom. The summed E-state index contributed by atoms with van der Waals surface area (Å²) in [6.45, 7) is 0.856. The first kappa shape index (κ1) is 23.7. The summed E-state index contributed by atoms with van der Waals surface area (Å²) in [6.07, 6.45) is -0.358. The van der Waals surface area contributed by atoms with Gasteiger partial charge in [-0.1, -0.05) is 35.9 Å². The van der Waals surface area contributed by atoms with Crippen molar-refractivity contribution in [3.8, 4) is 5.75 Å². The van der Waals surface area contributed by atoms with Gasteiger partial charge in [0.15, 0.2) is 5.96 Å². The molecule has 0 amide bonds. The minimum absolute atomic E-state index is 0.0832. The predicted molar refractivity (Wildman–Crippen MR) is 127 cm³/mol. The molecule has 1 aliphatic rings. The molecule has 7 nitrogen and oxygen atoms in total. The van der Waals surface area contributed by atoms with Crippen molar-refractivity contribution < 1.29 is 20.1 Å². The first-order valence-electron chi connectivity index (χ1n) is 10.1. The third-order valence-electron chi connectivity index (χ3n) is 5.43. The predicted octanol–water partition coefficient (Wildman–Crippen LogP) is 1.56.